The highest BCUT2D eigenvalue weighted by atomic mass is 35.5. The molecule has 0 saturated heterocycles. The fraction of sp³-hybridized carbons (Fsp3) is 0.381. The number of amides is 1. The van der Waals surface area contributed by atoms with Crippen molar-refractivity contribution in [2.75, 3.05) is 33.4 Å². The molecule has 0 atom stereocenters. The molecule has 1 N–H and O–H groups in total. The molecule has 2 aromatic carbocycles. The summed E-state index contributed by atoms with van der Waals surface area (Å²) < 4.78 is 37.4. The molecule has 164 valence electrons. The molecule has 2 aromatic rings. The number of hydrogen-bond donors (Lipinski definition) is 1. The van der Waals surface area contributed by atoms with Gasteiger partial charge in [0, 0.05) is 32.3 Å². The fourth-order valence-corrected chi connectivity index (χ4v) is 4.78. The van der Waals surface area contributed by atoms with Gasteiger partial charge in [0.25, 0.3) is 5.91 Å². The van der Waals surface area contributed by atoms with E-state index < -0.39 is 15.9 Å². The number of halogens is 1. The van der Waals surface area contributed by atoms with Gasteiger partial charge >= 0.3 is 0 Å². The van der Waals surface area contributed by atoms with Gasteiger partial charge in [-0.15, -0.1) is 0 Å². The van der Waals surface area contributed by atoms with E-state index in [1.807, 2.05) is 24.3 Å². The Morgan fingerprint density at radius 2 is 1.83 bits per heavy atom. The Bertz CT molecular complexity index is 962. The first kappa shape index (κ1) is 24.1. The maximum absolute atomic E-state index is 12.8. The SMILES string of the molecule is CCN(CC)S(=O)(=O)c1cc(C(=O)NCc2cccc(OCCOC)c2)ccc1Cl. The Balaban J connectivity index is 2.12. The van der Waals surface area contributed by atoms with E-state index in [2.05, 4.69) is 5.32 Å². The maximum Gasteiger partial charge on any atom is 0.251 e. The van der Waals surface area contributed by atoms with Crippen LogP contribution in [-0.2, 0) is 21.3 Å². The first-order chi connectivity index (χ1) is 14.3. The van der Waals surface area contributed by atoms with E-state index in [1.165, 1.54) is 22.5 Å². The first-order valence-corrected chi connectivity index (χ1v) is 11.4. The van der Waals surface area contributed by atoms with Crippen LogP contribution in [0.25, 0.3) is 0 Å². The number of rotatable bonds is 11. The molecule has 0 radical (unpaired) electrons. The number of nitrogens with zero attached hydrogens (tertiary/aromatic N) is 1. The number of benzene rings is 2. The van der Waals surface area contributed by atoms with Gasteiger partial charge in [0.15, 0.2) is 0 Å². The number of ether oxygens (including phenoxy) is 2. The number of nitrogens with one attached hydrogen (secondary N) is 1. The second kappa shape index (κ2) is 11.3. The summed E-state index contributed by atoms with van der Waals surface area (Å²) in [6.45, 7) is 5.30. The van der Waals surface area contributed by atoms with E-state index >= 15 is 0 Å². The van der Waals surface area contributed by atoms with E-state index in [0.29, 0.717) is 32.1 Å². The summed E-state index contributed by atoms with van der Waals surface area (Å²) in [7, 11) is -2.18. The predicted molar refractivity (Wildman–Crippen MR) is 117 cm³/mol. The molecule has 0 saturated carbocycles. The summed E-state index contributed by atoms with van der Waals surface area (Å²) in [4.78, 5) is 12.5. The highest BCUT2D eigenvalue weighted by Crippen LogP contribution is 2.26. The van der Waals surface area contributed by atoms with Gasteiger partial charge in [0.1, 0.15) is 17.3 Å². The molecule has 0 aliphatic carbocycles. The summed E-state index contributed by atoms with van der Waals surface area (Å²) in [5, 5.41) is 2.88. The van der Waals surface area contributed by atoms with Crippen LogP contribution in [0.5, 0.6) is 5.75 Å². The summed E-state index contributed by atoms with van der Waals surface area (Å²) in [5.74, 6) is 0.284. The molecule has 0 aliphatic rings. The van der Waals surface area contributed by atoms with Gasteiger partial charge in [-0.1, -0.05) is 37.6 Å². The van der Waals surface area contributed by atoms with E-state index in [9.17, 15) is 13.2 Å². The Morgan fingerprint density at radius 3 is 2.50 bits per heavy atom. The quantitative estimate of drug-likeness (QED) is 0.526. The van der Waals surface area contributed by atoms with Crippen molar-refractivity contribution in [1.29, 1.82) is 0 Å². The highest BCUT2D eigenvalue weighted by molar-refractivity contribution is 7.89. The van der Waals surface area contributed by atoms with Crippen molar-refractivity contribution in [2.45, 2.75) is 25.3 Å². The minimum absolute atomic E-state index is 0.0749. The monoisotopic (exact) mass is 454 g/mol. The maximum atomic E-state index is 12.8. The summed E-state index contributed by atoms with van der Waals surface area (Å²) in [6.07, 6.45) is 0. The minimum atomic E-state index is -3.78. The second-order valence-corrected chi connectivity index (χ2v) is 8.72. The second-order valence-electron chi connectivity index (χ2n) is 6.41. The third kappa shape index (κ3) is 6.18. The van der Waals surface area contributed by atoms with Crippen LogP contribution in [0, 0.1) is 0 Å². The van der Waals surface area contributed by atoms with Crippen molar-refractivity contribution in [1.82, 2.24) is 9.62 Å². The molecule has 0 unspecified atom stereocenters. The summed E-state index contributed by atoms with van der Waals surface area (Å²) in [5.41, 5.74) is 1.07. The van der Waals surface area contributed by atoms with Crippen LogP contribution < -0.4 is 10.1 Å². The Kier molecular flexibility index (Phi) is 9.10. The van der Waals surface area contributed by atoms with Gasteiger partial charge in [-0.3, -0.25) is 4.79 Å². The molecule has 0 fully saturated rings. The normalized spacial score (nSPS) is 11.5. The third-order valence-electron chi connectivity index (χ3n) is 4.42. The van der Waals surface area contributed by atoms with Crippen molar-refractivity contribution < 1.29 is 22.7 Å². The van der Waals surface area contributed by atoms with Crippen molar-refractivity contribution in [3.05, 3.63) is 58.6 Å². The van der Waals surface area contributed by atoms with Crippen LogP contribution in [0.15, 0.2) is 47.4 Å². The minimum Gasteiger partial charge on any atom is -0.491 e. The zero-order valence-corrected chi connectivity index (χ0v) is 18.9. The van der Waals surface area contributed by atoms with Crippen molar-refractivity contribution in [3.8, 4) is 5.75 Å². The van der Waals surface area contributed by atoms with Crippen molar-refractivity contribution in [2.24, 2.45) is 0 Å². The smallest absolute Gasteiger partial charge is 0.251 e. The van der Waals surface area contributed by atoms with E-state index in [1.54, 1.807) is 21.0 Å². The van der Waals surface area contributed by atoms with Gasteiger partial charge < -0.3 is 14.8 Å². The lowest BCUT2D eigenvalue weighted by Crippen LogP contribution is -2.31. The van der Waals surface area contributed by atoms with Crippen LogP contribution in [-0.4, -0.2) is 52.0 Å². The van der Waals surface area contributed by atoms with Crippen molar-refractivity contribution in [3.63, 3.8) is 0 Å². The van der Waals surface area contributed by atoms with Crippen LogP contribution >= 0.6 is 11.6 Å². The molecule has 0 aliphatic heterocycles. The van der Waals surface area contributed by atoms with E-state index in [0.717, 1.165) is 5.56 Å². The van der Waals surface area contributed by atoms with Gasteiger partial charge in [-0.2, -0.15) is 4.31 Å². The molecule has 1 amide bonds. The number of methoxy groups -OCH3 is 1. The van der Waals surface area contributed by atoms with Gasteiger partial charge in [-0.05, 0) is 35.9 Å². The molecule has 7 nitrogen and oxygen atoms in total. The molecule has 0 spiro atoms. The predicted octanol–water partition coefficient (Wildman–Crippen LogP) is 3.33. The van der Waals surface area contributed by atoms with E-state index in [-0.39, 0.29) is 22.0 Å². The standard InChI is InChI=1S/C21H27ClN2O5S/c1-4-24(5-2)30(26,27)20-14-17(9-10-19(20)22)21(25)23-15-16-7-6-8-18(13-16)29-12-11-28-3/h6-10,13-14H,4-5,11-12,15H2,1-3H3,(H,23,25). The van der Waals surface area contributed by atoms with Gasteiger partial charge in [-0.25, -0.2) is 8.42 Å². The molecule has 2 rings (SSSR count). The molecule has 0 aromatic heterocycles. The molecular weight excluding hydrogens is 428 g/mol. The lowest BCUT2D eigenvalue weighted by Gasteiger charge is -2.19. The average Bonchev–Trinajstić information content (AvgIpc) is 2.73. The number of carbonyl (C=O) groups is 1. The third-order valence-corrected chi connectivity index (χ3v) is 6.96. The Hall–Kier alpha value is -2.13. The van der Waals surface area contributed by atoms with Crippen molar-refractivity contribution >= 4 is 27.5 Å². The molecule has 9 heteroatoms. The van der Waals surface area contributed by atoms with Gasteiger partial charge in [0.2, 0.25) is 10.0 Å². The Morgan fingerprint density at radius 1 is 1.10 bits per heavy atom. The zero-order chi connectivity index (χ0) is 22.1. The molecule has 30 heavy (non-hydrogen) atoms. The number of carbonyl (C=O) groups excluding carboxylic acids is 1. The fourth-order valence-electron chi connectivity index (χ4n) is 2.82. The van der Waals surface area contributed by atoms with Crippen LogP contribution in [0.2, 0.25) is 5.02 Å². The lowest BCUT2D eigenvalue weighted by atomic mass is 10.2. The molecule has 0 heterocycles. The van der Waals surface area contributed by atoms with Gasteiger partial charge in [0.05, 0.1) is 11.6 Å². The van der Waals surface area contributed by atoms with Crippen LogP contribution in [0.1, 0.15) is 29.8 Å². The molecule has 0 bridgehead atoms. The zero-order valence-electron chi connectivity index (χ0n) is 17.4. The first-order valence-electron chi connectivity index (χ1n) is 9.62. The Labute approximate surface area is 183 Å². The topological polar surface area (TPSA) is 84.9 Å². The van der Waals surface area contributed by atoms with E-state index in [4.69, 9.17) is 21.1 Å². The number of sulfonamides is 1. The molecular formula is C21H27ClN2O5S. The largest absolute Gasteiger partial charge is 0.491 e. The average molecular weight is 455 g/mol. The highest BCUT2D eigenvalue weighted by Gasteiger charge is 2.25. The summed E-state index contributed by atoms with van der Waals surface area (Å²) >= 11 is 6.13. The van der Waals surface area contributed by atoms with Crippen LogP contribution in [0.4, 0.5) is 0 Å². The van der Waals surface area contributed by atoms with Crippen LogP contribution in [0.3, 0.4) is 0 Å². The number of hydrogen-bond acceptors (Lipinski definition) is 5. The lowest BCUT2D eigenvalue weighted by molar-refractivity contribution is 0.0950. The summed E-state index contributed by atoms with van der Waals surface area (Å²) in [6, 6.07) is 11.6.